The summed E-state index contributed by atoms with van der Waals surface area (Å²) in [6, 6.07) is -5.27. The largest absolute Gasteiger partial charge is 0.481 e. The van der Waals surface area contributed by atoms with E-state index in [1.807, 2.05) is 5.32 Å². The average molecular weight is 487 g/mol. The molecule has 0 aromatic carbocycles. The van der Waals surface area contributed by atoms with Crippen LogP contribution in [0.15, 0.2) is 0 Å². The predicted molar refractivity (Wildman–Crippen MR) is 112 cm³/mol. The fourth-order valence-electron chi connectivity index (χ4n) is 3.19. The van der Waals surface area contributed by atoms with Gasteiger partial charge in [0.05, 0.1) is 12.5 Å². The van der Waals surface area contributed by atoms with Crippen molar-refractivity contribution in [3.8, 4) is 0 Å². The Morgan fingerprint density at radius 3 is 1.91 bits per heavy atom. The fraction of sp³-hybridized carbons (Fsp3) is 0.632. The molecule has 190 valence electrons. The maximum Gasteiger partial charge on any atom is 0.326 e. The molecule has 0 spiro atoms. The lowest BCUT2D eigenvalue weighted by Gasteiger charge is -2.24. The number of hydrogen-bond acceptors (Lipinski definition) is 8. The van der Waals surface area contributed by atoms with Gasteiger partial charge in [-0.2, -0.15) is 0 Å². The van der Waals surface area contributed by atoms with E-state index in [1.54, 1.807) is 0 Å². The van der Waals surface area contributed by atoms with Crippen molar-refractivity contribution < 1.29 is 48.9 Å². The summed E-state index contributed by atoms with van der Waals surface area (Å²) in [6.45, 7) is 0.601. The van der Waals surface area contributed by atoms with E-state index in [9.17, 15) is 38.7 Å². The van der Waals surface area contributed by atoms with Crippen molar-refractivity contribution in [2.45, 2.75) is 69.1 Å². The molecule has 15 heteroatoms. The number of rotatable bonds is 15. The van der Waals surface area contributed by atoms with Crippen LogP contribution in [-0.4, -0.2) is 87.6 Å². The summed E-state index contributed by atoms with van der Waals surface area (Å²) < 4.78 is 0. The van der Waals surface area contributed by atoms with Gasteiger partial charge in [0.2, 0.25) is 23.6 Å². The third-order valence-corrected chi connectivity index (χ3v) is 4.96. The molecule has 4 amide bonds. The minimum Gasteiger partial charge on any atom is -0.481 e. The van der Waals surface area contributed by atoms with Crippen LogP contribution in [0.2, 0.25) is 0 Å². The minimum absolute atomic E-state index is 0.225. The monoisotopic (exact) mass is 487 g/mol. The first-order chi connectivity index (χ1) is 15.9. The summed E-state index contributed by atoms with van der Waals surface area (Å²) in [7, 11) is 0. The number of carbonyl (C=O) groups excluding carboxylic acids is 4. The Hall–Kier alpha value is -3.75. The van der Waals surface area contributed by atoms with Crippen LogP contribution < -0.4 is 27.0 Å². The van der Waals surface area contributed by atoms with Crippen LogP contribution in [0.3, 0.4) is 0 Å². The smallest absolute Gasteiger partial charge is 0.326 e. The van der Waals surface area contributed by atoms with E-state index in [0.717, 1.165) is 6.42 Å². The van der Waals surface area contributed by atoms with E-state index in [-0.39, 0.29) is 12.8 Å². The summed E-state index contributed by atoms with van der Waals surface area (Å²) >= 11 is 0. The summed E-state index contributed by atoms with van der Waals surface area (Å²) in [4.78, 5) is 82.1. The van der Waals surface area contributed by atoms with Crippen molar-refractivity contribution in [2.24, 2.45) is 5.73 Å². The van der Waals surface area contributed by atoms with Crippen LogP contribution >= 0.6 is 0 Å². The molecule has 1 aliphatic rings. The van der Waals surface area contributed by atoms with Gasteiger partial charge in [0.1, 0.15) is 18.1 Å². The van der Waals surface area contributed by atoms with Gasteiger partial charge in [0, 0.05) is 12.8 Å². The number of amides is 4. The SMILES string of the molecule is NC(=O)CCC(NC(=O)C1CCCN1)C(=O)NC(CC(=O)O)C(=O)NC(CCC(=O)O)C(=O)O. The van der Waals surface area contributed by atoms with Crippen molar-refractivity contribution in [2.75, 3.05) is 6.54 Å². The molecule has 1 saturated heterocycles. The minimum atomic E-state index is -1.74. The first-order valence-corrected chi connectivity index (χ1v) is 10.5. The second-order valence-electron chi connectivity index (χ2n) is 7.71. The average Bonchev–Trinajstić information content (AvgIpc) is 3.27. The number of nitrogens with one attached hydrogen (secondary N) is 4. The van der Waals surface area contributed by atoms with E-state index in [2.05, 4.69) is 16.0 Å². The van der Waals surface area contributed by atoms with Gasteiger partial charge in [-0.3, -0.25) is 28.8 Å². The number of carboxylic acid groups (broad SMARTS) is 3. The van der Waals surface area contributed by atoms with Crippen molar-refractivity contribution in [3.63, 3.8) is 0 Å². The maximum absolute atomic E-state index is 12.8. The van der Waals surface area contributed by atoms with Crippen molar-refractivity contribution >= 4 is 41.5 Å². The first kappa shape index (κ1) is 28.3. The molecule has 0 aromatic heterocycles. The molecule has 9 N–H and O–H groups in total. The molecule has 1 aliphatic heterocycles. The van der Waals surface area contributed by atoms with Gasteiger partial charge in [-0.15, -0.1) is 0 Å². The Labute approximate surface area is 193 Å². The lowest BCUT2D eigenvalue weighted by atomic mass is 10.1. The van der Waals surface area contributed by atoms with Gasteiger partial charge in [-0.05, 0) is 32.2 Å². The summed E-state index contributed by atoms with van der Waals surface area (Å²) in [6.07, 6.45) is -1.24. The van der Waals surface area contributed by atoms with Crippen molar-refractivity contribution in [1.29, 1.82) is 0 Å². The Morgan fingerprint density at radius 1 is 0.824 bits per heavy atom. The highest BCUT2D eigenvalue weighted by molar-refractivity contribution is 5.96. The highest BCUT2D eigenvalue weighted by Crippen LogP contribution is 2.08. The Morgan fingerprint density at radius 2 is 1.41 bits per heavy atom. The first-order valence-electron chi connectivity index (χ1n) is 10.5. The lowest BCUT2D eigenvalue weighted by molar-refractivity contribution is -0.144. The zero-order valence-corrected chi connectivity index (χ0v) is 18.2. The molecule has 1 fully saturated rings. The van der Waals surface area contributed by atoms with E-state index in [0.29, 0.717) is 13.0 Å². The quantitative estimate of drug-likeness (QED) is 0.115. The number of carboxylic acids is 3. The van der Waals surface area contributed by atoms with Gasteiger partial charge in [0.25, 0.3) is 0 Å². The standard InChI is InChI=1S/C19H29N5O10/c20-13(25)5-3-10(22-16(30)9-2-1-7-21-9)17(31)24-12(8-15(28)29)18(32)23-11(19(33)34)4-6-14(26)27/h9-12,21H,1-8H2,(H2,20,25)(H,22,30)(H,23,32)(H,24,31)(H,26,27)(H,28,29)(H,33,34). The normalized spacial score (nSPS) is 17.6. The summed E-state index contributed by atoms with van der Waals surface area (Å²) in [5, 5.41) is 36.5. The van der Waals surface area contributed by atoms with E-state index in [1.165, 1.54) is 0 Å². The lowest BCUT2D eigenvalue weighted by Crippen LogP contribution is -2.57. The second-order valence-corrected chi connectivity index (χ2v) is 7.71. The Kier molecular flexibility index (Phi) is 11.4. The van der Waals surface area contributed by atoms with Crippen LogP contribution in [0.5, 0.6) is 0 Å². The topological polar surface area (TPSA) is 254 Å². The molecule has 4 unspecified atom stereocenters. The molecule has 0 aromatic rings. The predicted octanol–water partition coefficient (Wildman–Crippen LogP) is -3.12. The highest BCUT2D eigenvalue weighted by Gasteiger charge is 2.32. The third kappa shape index (κ3) is 10.2. The molecule has 0 bridgehead atoms. The Bertz CT molecular complexity index is 811. The molecule has 1 heterocycles. The molecule has 15 nitrogen and oxygen atoms in total. The summed E-state index contributed by atoms with van der Waals surface area (Å²) in [5.41, 5.74) is 5.11. The molecule has 4 atom stereocenters. The van der Waals surface area contributed by atoms with E-state index >= 15 is 0 Å². The number of carbonyl (C=O) groups is 7. The van der Waals surface area contributed by atoms with Crippen LogP contribution in [-0.2, 0) is 33.6 Å². The van der Waals surface area contributed by atoms with E-state index < -0.39 is 85.0 Å². The molecule has 0 saturated carbocycles. The van der Waals surface area contributed by atoms with Crippen LogP contribution in [0.1, 0.15) is 44.9 Å². The number of primary amides is 1. The number of hydrogen-bond donors (Lipinski definition) is 8. The van der Waals surface area contributed by atoms with Crippen LogP contribution in [0.25, 0.3) is 0 Å². The van der Waals surface area contributed by atoms with Gasteiger partial charge in [-0.1, -0.05) is 0 Å². The maximum atomic E-state index is 12.8. The number of aliphatic carboxylic acids is 3. The van der Waals surface area contributed by atoms with Crippen molar-refractivity contribution in [3.05, 3.63) is 0 Å². The molecule has 34 heavy (non-hydrogen) atoms. The van der Waals surface area contributed by atoms with Gasteiger partial charge >= 0.3 is 17.9 Å². The number of nitrogens with two attached hydrogens (primary N) is 1. The summed E-state index contributed by atoms with van der Waals surface area (Å²) in [5.74, 6) is -7.79. The van der Waals surface area contributed by atoms with E-state index in [4.69, 9.17) is 15.9 Å². The molecule has 0 aliphatic carbocycles. The highest BCUT2D eigenvalue weighted by atomic mass is 16.4. The second kappa shape index (κ2) is 13.7. The zero-order chi connectivity index (χ0) is 25.8. The molecule has 1 rings (SSSR count). The van der Waals surface area contributed by atoms with Gasteiger partial charge in [0.15, 0.2) is 0 Å². The fourth-order valence-corrected chi connectivity index (χ4v) is 3.19. The Balaban J connectivity index is 2.94. The van der Waals surface area contributed by atoms with Crippen LogP contribution in [0.4, 0.5) is 0 Å². The molecule has 0 radical (unpaired) electrons. The zero-order valence-electron chi connectivity index (χ0n) is 18.2. The van der Waals surface area contributed by atoms with Gasteiger partial charge < -0.3 is 42.3 Å². The van der Waals surface area contributed by atoms with Gasteiger partial charge in [-0.25, -0.2) is 4.79 Å². The molecular weight excluding hydrogens is 458 g/mol. The van der Waals surface area contributed by atoms with Crippen LogP contribution in [0, 0.1) is 0 Å². The third-order valence-electron chi connectivity index (χ3n) is 4.96. The van der Waals surface area contributed by atoms with Crippen molar-refractivity contribution in [1.82, 2.24) is 21.3 Å². The molecular formula is C19H29N5O10.